The zero-order chi connectivity index (χ0) is 24.9. The second-order valence-electron chi connectivity index (χ2n) is 8.55. The third kappa shape index (κ3) is 9.84. The smallest absolute Gasteiger partial charge is 0.811 e. The van der Waals surface area contributed by atoms with E-state index >= 15 is 0 Å². The van der Waals surface area contributed by atoms with Crippen LogP contribution in [0.15, 0.2) is 84.9 Å². The summed E-state index contributed by atoms with van der Waals surface area (Å²) in [5.41, 5.74) is 0.0403. The molecule has 0 aliphatic carbocycles. The summed E-state index contributed by atoms with van der Waals surface area (Å²) >= 11 is 0. The van der Waals surface area contributed by atoms with Crippen molar-refractivity contribution in [2.45, 2.75) is 38.0 Å². The molecule has 36 heavy (non-hydrogen) atoms. The molecule has 0 N–H and O–H groups in total. The summed E-state index contributed by atoms with van der Waals surface area (Å²) in [6.45, 7) is 2.91. The maximum atomic E-state index is 10.9. The average Bonchev–Trinajstić information content (AvgIpc) is 2.78. The van der Waals surface area contributed by atoms with Crippen LogP contribution in [-0.4, -0.2) is 57.4 Å². The Balaban J connectivity index is 0.000000341. The van der Waals surface area contributed by atoms with Crippen LogP contribution in [0.2, 0.25) is 0 Å². The maximum absolute atomic E-state index is 10.9. The molecule has 0 saturated heterocycles. The summed E-state index contributed by atoms with van der Waals surface area (Å²) in [5, 5.41) is 4.33. The van der Waals surface area contributed by atoms with E-state index in [2.05, 4.69) is 0 Å². The molecule has 0 aliphatic heterocycles. The topological polar surface area (TPSA) is 126 Å². The molecule has 6 nitrogen and oxygen atoms in total. The minimum Gasteiger partial charge on any atom is -0.811 e. The fraction of sp³-hybridized carbons (Fsp3) is 0.231. The third-order valence-corrected chi connectivity index (χ3v) is 8.29. The second kappa shape index (κ2) is 14.4. The first-order valence-electron chi connectivity index (χ1n) is 10.9. The van der Waals surface area contributed by atoms with E-state index in [0.29, 0.717) is 0 Å². The molecule has 10 heteroatoms. The number of hydrogen-bond acceptors (Lipinski definition) is 6. The Hall–Kier alpha value is -0.768. The second-order valence-corrected chi connectivity index (χ2v) is 12.5. The van der Waals surface area contributed by atoms with E-state index in [1.54, 1.807) is 0 Å². The molecule has 0 heterocycles. The van der Waals surface area contributed by atoms with Crippen LogP contribution in [0.3, 0.4) is 0 Å². The Bertz CT molecular complexity index is 1260. The predicted octanol–water partition coefficient (Wildman–Crippen LogP) is 2.61. The quantitative estimate of drug-likeness (QED) is 0.271. The van der Waals surface area contributed by atoms with E-state index in [1.807, 2.05) is 84.9 Å². The van der Waals surface area contributed by atoms with Gasteiger partial charge in [-0.2, -0.15) is 0 Å². The van der Waals surface area contributed by atoms with Crippen LogP contribution in [0.4, 0.5) is 0 Å². The van der Waals surface area contributed by atoms with Crippen molar-refractivity contribution in [2.75, 3.05) is 0 Å². The van der Waals surface area contributed by atoms with Crippen molar-refractivity contribution in [1.82, 2.24) is 0 Å². The molecule has 180 valence electrons. The van der Waals surface area contributed by atoms with Gasteiger partial charge in [-0.25, -0.2) is 0 Å². The van der Waals surface area contributed by atoms with Gasteiger partial charge in [0.05, 0.1) is 0 Å². The van der Waals surface area contributed by atoms with Gasteiger partial charge < -0.3 is 28.7 Å². The molecule has 2 unspecified atom stereocenters. The molecule has 0 fully saturated rings. The molecule has 4 aromatic rings. The summed E-state index contributed by atoms with van der Waals surface area (Å²) in [6.07, 6.45) is 0.546. The Labute approximate surface area is 244 Å². The Morgan fingerprint density at radius 1 is 0.556 bits per heavy atom. The third-order valence-electron chi connectivity index (χ3n) is 5.77. The van der Waals surface area contributed by atoms with Gasteiger partial charge in [-0.15, -0.1) is 0 Å². The predicted molar refractivity (Wildman–Crippen MR) is 141 cm³/mol. The van der Waals surface area contributed by atoms with E-state index in [0.717, 1.165) is 32.7 Å². The van der Waals surface area contributed by atoms with Crippen LogP contribution in [0, 0.1) is 0 Å². The van der Waals surface area contributed by atoms with E-state index in [1.165, 1.54) is 13.8 Å². The summed E-state index contributed by atoms with van der Waals surface area (Å²) < 4.78 is 21.7. The van der Waals surface area contributed by atoms with Gasteiger partial charge in [-0.3, -0.25) is 0 Å². The molecule has 0 saturated carbocycles. The van der Waals surface area contributed by atoms with Gasteiger partial charge in [-0.1, -0.05) is 114 Å². The molecule has 0 amide bonds. The molecule has 0 bridgehead atoms. The Morgan fingerprint density at radius 3 is 1.17 bits per heavy atom. The molecule has 0 aromatic heterocycles. The van der Waals surface area contributed by atoms with E-state index in [9.17, 15) is 28.7 Å². The number of fused-ring (bicyclic) bond motifs is 2. The van der Waals surface area contributed by atoms with Gasteiger partial charge >= 0.3 is 46.1 Å². The van der Waals surface area contributed by atoms with Crippen LogP contribution >= 0.6 is 15.2 Å². The average molecular weight is 545 g/mol. The minimum absolute atomic E-state index is 0. The summed E-state index contributed by atoms with van der Waals surface area (Å²) in [7, 11) is -8.97. The van der Waals surface area contributed by atoms with Crippen LogP contribution in [0.25, 0.3) is 21.5 Å². The summed E-state index contributed by atoms with van der Waals surface area (Å²) in [5.74, 6) is 0. The number of hydrogen-bond donors (Lipinski definition) is 0. The van der Waals surface area contributed by atoms with Crippen molar-refractivity contribution < 1.29 is 28.7 Å². The monoisotopic (exact) mass is 544 g/mol. The molecular formula is C26H26Mg2O6P2. The Kier molecular flexibility index (Phi) is 13.3. The van der Waals surface area contributed by atoms with Crippen LogP contribution < -0.4 is 19.6 Å². The molecular weight excluding hydrogens is 519 g/mol. The largest absolute Gasteiger partial charge is 2.00 e. The summed E-state index contributed by atoms with van der Waals surface area (Å²) in [4.78, 5) is 43.5. The van der Waals surface area contributed by atoms with Crippen molar-refractivity contribution in [3.8, 4) is 0 Å². The molecule has 4 aromatic carbocycles. The zero-order valence-corrected chi connectivity index (χ0v) is 25.0. The first kappa shape index (κ1) is 33.3. The number of rotatable bonds is 6. The van der Waals surface area contributed by atoms with E-state index < -0.39 is 26.5 Å². The van der Waals surface area contributed by atoms with E-state index in [-0.39, 0.29) is 58.9 Å². The van der Waals surface area contributed by atoms with Gasteiger partial charge in [-0.05, 0) is 56.8 Å². The molecule has 4 rings (SSSR count). The van der Waals surface area contributed by atoms with Crippen molar-refractivity contribution in [2.24, 2.45) is 0 Å². The fourth-order valence-electron chi connectivity index (χ4n) is 3.64. The fourth-order valence-corrected chi connectivity index (χ4v) is 4.51. The van der Waals surface area contributed by atoms with Crippen molar-refractivity contribution in [3.05, 3.63) is 96.1 Å². The van der Waals surface area contributed by atoms with Gasteiger partial charge in [0, 0.05) is 0 Å². The van der Waals surface area contributed by atoms with Crippen LogP contribution in [0.1, 0.15) is 25.0 Å². The van der Waals surface area contributed by atoms with Gasteiger partial charge in [0.25, 0.3) is 0 Å². The number of benzene rings is 4. The SMILES string of the molecule is CC(Cc1ccc2ccccc2c1)P(=O)([O-])[O-].CC(Cc1ccc2ccccc2c1)P(=O)([O-])[O-].[Mg+2].[Mg+2]. The van der Waals surface area contributed by atoms with Gasteiger partial charge in [0.2, 0.25) is 0 Å². The normalized spacial score (nSPS) is 13.1. The zero-order valence-electron chi connectivity index (χ0n) is 20.4. The van der Waals surface area contributed by atoms with Crippen molar-refractivity contribution in [3.63, 3.8) is 0 Å². The molecule has 2 atom stereocenters. The van der Waals surface area contributed by atoms with Crippen LogP contribution in [-0.2, 0) is 22.0 Å². The van der Waals surface area contributed by atoms with Gasteiger partial charge in [0.15, 0.2) is 0 Å². The molecule has 0 spiro atoms. The summed E-state index contributed by atoms with van der Waals surface area (Å²) in [6, 6.07) is 27.2. The minimum atomic E-state index is -4.48. The standard InChI is InChI=1S/2C13H15O3P.2Mg/c2*1-10(17(14,15)16)8-11-6-7-12-4-2-3-5-13(12)9-11;;/h2*2-7,9-10H,8H2,1H3,(H2,14,15,16);;/q;;2*+2/p-4. The van der Waals surface area contributed by atoms with Crippen molar-refractivity contribution in [1.29, 1.82) is 0 Å². The maximum Gasteiger partial charge on any atom is 2.00 e. The van der Waals surface area contributed by atoms with Gasteiger partial charge in [0.1, 0.15) is 0 Å². The van der Waals surface area contributed by atoms with Crippen LogP contribution in [0.5, 0.6) is 0 Å². The first-order valence-corrected chi connectivity index (χ1v) is 14.1. The Morgan fingerprint density at radius 2 is 0.861 bits per heavy atom. The first-order chi connectivity index (χ1) is 15.9. The van der Waals surface area contributed by atoms with E-state index in [4.69, 9.17) is 0 Å². The molecule has 0 radical (unpaired) electrons. The molecule has 0 aliphatic rings. The van der Waals surface area contributed by atoms with Crippen molar-refractivity contribution >= 4 is 82.8 Å².